The number of fused-ring (bicyclic) bond motifs is 6. The Morgan fingerprint density at radius 3 is 1.87 bits per heavy atom. The number of para-hydroxylation sites is 3. The molecule has 0 fully saturated rings. The van der Waals surface area contributed by atoms with Crippen LogP contribution >= 0.6 is 0 Å². The maximum Gasteiger partial charge on any atom is 0.138 e. The Balaban J connectivity index is 1.13. The Hall–Kier alpha value is -6.97. The van der Waals surface area contributed by atoms with Crippen molar-refractivity contribution < 1.29 is 0 Å². The molecule has 0 unspecified atom stereocenters. The summed E-state index contributed by atoms with van der Waals surface area (Å²) in [6.07, 6.45) is 4.42. The van der Waals surface area contributed by atoms with E-state index in [0.717, 1.165) is 33.8 Å². The average molecular weight is 678 g/mol. The van der Waals surface area contributed by atoms with Crippen molar-refractivity contribution in [3.63, 3.8) is 0 Å². The normalized spacial score (nSPS) is 11.8. The second-order valence-corrected chi connectivity index (χ2v) is 13.7. The Morgan fingerprint density at radius 1 is 0.434 bits per heavy atom. The highest BCUT2D eigenvalue weighted by Crippen LogP contribution is 2.39. The van der Waals surface area contributed by atoms with Gasteiger partial charge in [-0.2, -0.15) is 0 Å². The van der Waals surface area contributed by atoms with E-state index in [-0.39, 0.29) is 0 Å². The third kappa shape index (κ3) is 5.25. The van der Waals surface area contributed by atoms with Gasteiger partial charge in [0.25, 0.3) is 0 Å². The SMILES string of the molecule is Cc1cc2c3ccccc3n(-c3cccc(-c4ccc5c(c4)c4ccccc4n5-c4ccccc4)n3)c2cc1-c1ccccc1/C=C\c1ccccc1. The van der Waals surface area contributed by atoms with E-state index in [9.17, 15) is 0 Å². The molecule has 250 valence electrons. The monoisotopic (exact) mass is 677 g/mol. The van der Waals surface area contributed by atoms with Crippen LogP contribution in [0.5, 0.6) is 0 Å². The largest absolute Gasteiger partial charge is 0.309 e. The summed E-state index contributed by atoms with van der Waals surface area (Å²) in [5, 5.41) is 4.89. The van der Waals surface area contributed by atoms with Crippen LogP contribution in [0.1, 0.15) is 16.7 Å². The van der Waals surface area contributed by atoms with E-state index < -0.39 is 0 Å². The molecular formula is C50H35N3. The standard InChI is InChI=1S/C50H35N3/c1-34-31-43-40-21-11-13-25-47(40)53(49(43)33-42(34)39-20-9-8-17-36(39)28-27-35-15-4-2-5-16-35)50-26-14-23-45(51-50)37-29-30-48-44(32-37)41-22-10-12-24-46(41)52(48)38-18-6-3-7-19-38/h2-33H,1H3/b28-27-. The van der Waals surface area contributed by atoms with Gasteiger partial charge >= 0.3 is 0 Å². The van der Waals surface area contributed by atoms with Crippen molar-refractivity contribution >= 4 is 55.8 Å². The highest BCUT2D eigenvalue weighted by molar-refractivity contribution is 6.12. The van der Waals surface area contributed by atoms with Crippen LogP contribution in [0.15, 0.2) is 182 Å². The van der Waals surface area contributed by atoms with Crippen LogP contribution in [-0.2, 0) is 0 Å². The number of benzene rings is 7. The Labute approximate surface area is 308 Å². The van der Waals surface area contributed by atoms with Gasteiger partial charge in [0.1, 0.15) is 5.82 Å². The highest BCUT2D eigenvalue weighted by Gasteiger charge is 2.18. The second-order valence-electron chi connectivity index (χ2n) is 13.7. The third-order valence-electron chi connectivity index (χ3n) is 10.5. The van der Waals surface area contributed by atoms with Gasteiger partial charge in [0.05, 0.1) is 27.8 Å². The van der Waals surface area contributed by atoms with Gasteiger partial charge in [0, 0.05) is 32.8 Å². The number of rotatable bonds is 6. The average Bonchev–Trinajstić information content (AvgIpc) is 3.72. The van der Waals surface area contributed by atoms with Crippen LogP contribution in [0.4, 0.5) is 0 Å². The first-order chi connectivity index (χ1) is 26.2. The maximum absolute atomic E-state index is 5.39. The minimum absolute atomic E-state index is 0.896. The molecule has 0 spiro atoms. The molecule has 3 nitrogen and oxygen atoms in total. The molecule has 0 saturated heterocycles. The first kappa shape index (κ1) is 30.8. The maximum atomic E-state index is 5.39. The molecule has 0 bridgehead atoms. The summed E-state index contributed by atoms with van der Waals surface area (Å²) in [4.78, 5) is 5.39. The molecule has 0 N–H and O–H groups in total. The van der Waals surface area contributed by atoms with E-state index in [2.05, 4.69) is 210 Å². The molecular weight excluding hydrogens is 643 g/mol. The van der Waals surface area contributed by atoms with E-state index in [4.69, 9.17) is 4.98 Å². The van der Waals surface area contributed by atoms with E-state index in [0.29, 0.717) is 0 Å². The molecule has 0 aliphatic heterocycles. The minimum Gasteiger partial charge on any atom is -0.309 e. The fourth-order valence-electron chi connectivity index (χ4n) is 7.99. The van der Waals surface area contributed by atoms with Crippen LogP contribution in [0.3, 0.4) is 0 Å². The van der Waals surface area contributed by atoms with Crippen molar-refractivity contribution in [2.45, 2.75) is 6.92 Å². The minimum atomic E-state index is 0.896. The van der Waals surface area contributed by atoms with E-state index in [1.807, 2.05) is 0 Å². The molecule has 0 radical (unpaired) electrons. The number of nitrogens with zero attached hydrogens (tertiary/aromatic N) is 3. The van der Waals surface area contributed by atoms with Crippen molar-refractivity contribution in [2.24, 2.45) is 0 Å². The zero-order valence-corrected chi connectivity index (χ0v) is 29.3. The molecule has 3 heterocycles. The van der Waals surface area contributed by atoms with Crippen LogP contribution in [0.25, 0.3) is 89.7 Å². The summed E-state index contributed by atoms with van der Waals surface area (Å²) in [5.41, 5.74) is 13.9. The van der Waals surface area contributed by atoms with Gasteiger partial charge in [-0.15, -0.1) is 0 Å². The molecule has 7 aromatic carbocycles. The van der Waals surface area contributed by atoms with Gasteiger partial charge in [0.2, 0.25) is 0 Å². The third-order valence-corrected chi connectivity index (χ3v) is 10.5. The molecule has 0 aliphatic carbocycles. The van der Waals surface area contributed by atoms with Crippen LogP contribution in [-0.4, -0.2) is 14.1 Å². The lowest BCUT2D eigenvalue weighted by Crippen LogP contribution is -1.99. The summed E-state index contributed by atoms with van der Waals surface area (Å²) in [7, 11) is 0. The molecule has 0 aliphatic rings. The Morgan fingerprint density at radius 2 is 1.08 bits per heavy atom. The van der Waals surface area contributed by atoms with E-state index in [1.54, 1.807) is 0 Å². The van der Waals surface area contributed by atoms with Crippen LogP contribution in [0, 0.1) is 6.92 Å². The number of hydrogen-bond acceptors (Lipinski definition) is 1. The Bertz CT molecular complexity index is 3000. The van der Waals surface area contributed by atoms with Gasteiger partial charge in [-0.1, -0.05) is 133 Å². The lowest BCUT2D eigenvalue weighted by Gasteiger charge is -2.13. The van der Waals surface area contributed by atoms with Crippen molar-refractivity contribution in [3.8, 4) is 33.9 Å². The summed E-state index contributed by atoms with van der Waals surface area (Å²) in [6, 6.07) is 65.0. The van der Waals surface area contributed by atoms with E-state index >= 15 is 0 Å². The van der Waals surface area contributed by atoms with Crippen molar-refractivity contribution in [3.05, 3.63) is 199 Å². The van der Waals surface area contributed by atoms with Gasteiger partial charge < -0.3 is 4.57 Å². The number of aromatic nitrogens is 3. The van der Waals surface area contributed by atoms with Gasteiger partial charge in [-0.05, 0) is 95.4 Å². The second kappa shape index (κ2) is 12.7. The number of aryl methyl sites for hydroxylation is 1. The zero-order chi connectivity index (χ0) is 35.3. The topological polar surface area (TPSA) is 22.8 Å². The van der Waals surface area contributed by atoms with E-state index in [1.165, 1.54) is 60.4 Å². The summed E-state index contributed by atoms with van der Waals surface area (Å²) >= 11 is 0. The lowest BCUT2D eigenvalue weighted by atomic mass is 9.94. The zero-order valence-electron chi connectivity index (χ0n) is 29.3. The predicted molar refractivity (Wildman–Crippen MR) is 224 cm³/mol. The van der Waals surface area contributed by atoms with Crippen molar-refractivity contribution in [1.82, 2.24) is 14.1 Å². The number of hydrogen-bond donors (Lipinski definition) is 0. The van der Waals surface area contributed by atoms with Crippen molar-refractivity contribution in [2.75, 3.05) is 0 Å². The summed E-state index contributed by atoms with van der Waals surface area (Å²) < 4.78 is 4.69. The lowest BCUT2D eigenvalue weighted by molar-refractivity contribution is 1.08. The van der Waals surface area contributed by atoms with Crippen LogP contribution < -0.4 is 0 Å². The summed E-state index contributed by atoms with van der Waals surface area (Å²) in [6.45, 7) is 2.22. The highest BCUT2D eigenvalue weighted by atomic mass is 15.1. The number of pyridine rings is 1. The fraction of sp³-hybridized carbons (Fsp3) is 0.0200. The Kier molecular flexibility index (Phi) is 7.36. The molecule has 3 heteroatoms. The quantitative estimate of drug-likeness (QED) is 0.161. The summed E-state index contributed by atoms with van der Waals surface area (Å²) in [5.74, 6) is 0.896. The van der Waals surface area contributed by atoms with Crippen molar-refractivity contribution in [1.29, 1.82) is 0 Å². The van der Waals surface area contributed by atoms with Gasteiger partial charge in [-0.25, -0.2) is 4.98 Å². The smallest absolute Gasteiger partial charge is 0.138 e. The van der Waals surface area contributed by atoms with Gasteiger partial charge in [0.15, 0.2) is 0 Å². The first-order valence-electron chi connectivity index (χ1n) is 18.1. The van der Waals surface area contributed by atoms with Gasteiger partial charge in [-0.3, -0.25) is 4.57 Å². The first-order valence-corrected chi connectivity index (χ1v) is 18.1. The predicted octanol–water partition coefficient (Wildman–Crippen LogP) is 13.1. The molecule has 3 aromatic heterocycles. The molecule has 0 amide bonds. The molecule has 10 aromatic rings. The van der Waals surface area contributed by atoms with Crippen LogP contribution in [0.2, 0.25) is 0 Å². The molecule has 10 rings (SSSR count). The molecule has 53 heavy (non-hydrogen) atoms. The fourth-order valence-corrected chi connectivity index (χ4v) is 7.99. The molecule has 0 saturated carbocycles. The molecule has 0 atom stereocenters.